The lowest BCUT2D eigenvalue weighted by Crippen LogP contribution is -1.92. The number of nitrogens with zero attached hydrogens (tertiary/aromatic N) is 1. The van der Waals surface area contributed by atoms with Crippen LogP contribution in [0.3, 0.4) is 0 Å². The number of aromatic nitrogens is 2. The summed E-state index contributed by atoms with van der Waals surface area (Å²) in [6.45, 7) is 1.91. The van der Waals surface area contributed by atoms with E-state index in [1.807, 2.05) is 6.92 Å². The van der Waals surface area contributed by atoms with Gasteiger partial charge < -0.3 is 9.72 Å². The topological polar surface area (TPSA) is 37.9 Å². The van der Waals surface area contributed by atoms with Crippen LogP contribution in [0.1, 0.15) is 5.56 Å². The van der Waals surface area contributed by atoms with Crippen molar-refractivity contribution in [3.05, 3.63) is 47.0 Å². The molecule has 0 aliphatic heterocycles. The lowest BCUT2D eigenvalue weighted by Gasteiger charge is -2.09. The number of benzene rings is 1. The van der Waals surface area contributed by atoms with Crippen LogP contribution in [0.2, 0.25) is 5.15 Å². The predicted octanol–water partition coefficient (Wildman–Crippen LogP) is 4.34. The van der Waals surface area contributed by atoms with Gasteiger partial charge in [-0.15, -0.1) is 0 Å². The summed E-state index contributed by atoms with van der Waals surface area (Å²) in [5.41, 5.74) is 2.83. The average molecular weight is 291 g/mol. The van der Waals surface area contributed by atoms with Crippen LogP contribution in [0.15, 0.2) is 30.5 Å². The van der Waals surface area contributed by atoms with E-state index in [0.29, 0.717) is 22.2 Å². The van der Waals surface area contributed by atoms with Crippen LogP contribution in [0.5, 0.6) is 5.75 Å². The number of H-pyrrole nitrogens is 1. The van der Waals surface area contributed by atoms with Crippen molar-refractivity contribution in [1.29, 1.82) is 0 Å². The lowest BCUT2D eigenvalue weighted by molar-refractivity contribution is 0.413. The fraction of sp³-hybridized carbons (Fsp3) is 0.133. The minimum Gasteiger partial charge on any atom is -0.496 e. The number of pyridine rings is 1. The molecule has 3 aromatic rings. The molecule has 3 nitrogen and oxygen atoms in total. The van der Waals surface area contributed by atoms with Crippen LogP contribution in [-0.4, -0.2) is 17.1 Å². The number of aromatic amines is 1. The molecule has 0 bridgehead atoms. The molecule has 0 atom stereocenters. The smallest absolute Gasteiger partial charge is 0.136 e. The Kier molecular flexibility index (Phi) is 3.10. The van der Waals surface area contributed by atoms with Crippen LogP contribution in [-0.2, 0) is 0 Å². The summed E-state index contributed by atoms with van der Waals surface area (Å²) < 4.78 is 19.4. The number of rotatable bonds is 2. The fourth-order valence-corrected chi connectivity index (χ4v) is 2.52. The maximum atomic E-state index is 14.2. The summed E-state index contributed by atoms with van der Waals surface area (Å²) in [7, 11) is 1.52. The van der Waals surface area contributed by atoms with Crippen LogP contribution < -0.4 is 4.74 Å². The Morgan fingerprint density at radius 1 is 1.35 bits per heavy atom. The number of aryl methyl sites for hydroxylation is 1. The molecule has 0 radical (unpaired) electrons. The summed E-state index contributed by atoms with van der Waals surface area (Å²) >= 11 is 5.89. The van der Waals surface area contributed by atoms with Gasteiger partial charge in [0.15, 0.2) is 0 Å². The van der Waals surface area contributed by atoms with Crippen molar-refractivity contribution < 1.29 is 9.13 Å². The molecule has 0 saturated heterocycles. The van der Waals surface area contributed by atoms with Gasteiger partial charge in [-0.3, -0.25) is 0 Å². The van der Waals surface area contributed by atoms with Gasteiger partial charge in [-0.1, -0.05) is 17.7 Å². The number of nitrogens with one attached hydrogen (secondary N) is 1. The molecule has 2 aromatic heterocycles. The van der Waals surface area contributed by atoms with E-state index in [9.17, 15) is 4.39 Å². The Bertz CT molecular complexity index is 798. The number of hydrogen-bond acceptors (Lipinski definition) is 2. The third-order valence-electron chi connectivity index (χ3n) is 3.35. The Morgan fingerprint density at radius 3 is 2.90 bits per heavy atom. The summed E-state index contributed by atoms with van der Waals surface area (Å²) in [6.07, 6.45) is 1.68. The second-order valence-corrected chi connectivity index (χ2v) is 4.88. The zero-order valence-electron chi connectivity index (χ0n) is 11.0. The van der Waals surface area contributed by atoms with E-state index in [2.05, 4.69) is 9.97 Å². The molecule has 102 valence electrons. The van der Waals surface area contributed by atoms with Crippen LogP contribution in [0.25, 0.3) is 22.2 Å². The molecule has 0 aliphatic carbocycles. The van der Waals surface area contributed by atoms with E-state index in [4.69, 9.17) is 16.3 Å². The van der Waals surface area contributed by atoms with Crippen LogP contribution >= 0.6 is 11.6 Å². The fourth-order valence-electron chi connectivity index (χ4n) is 2.36. The maximum absolute atomic E-state index is 14.2. The normalized spacial score (nSPS) is 11.0. The summed E-state index contributed by atoms with van der Waals surface area (Å²) in [5.74, 6) is 0.150. The molecule has 1 N–H and O–H groups in total. The number of methoxy groups -OCH3 is 1. The van der Waals surface area contributed by atoms with Crippen molar-refractivity contribution in [2.75, 3.05) is 7.11 Å². The third kappa shape index (κ3) is 1.93. The highest BCUT2D eigenvalue weighted by atomic mass is 35.5. The number of ether oxygens (including phenoxy) is 1. The molecule has 0 fully saturated rings. The highest BCUT2D eigenvalue weighted by molar-refractivity contribution is 6.30. The lowest BCUT2D eigenvalue weighted by atomic mass is 10.1. The molecule has 5 heteroatoms. The first-order chi connectivity index (χ1) is 9.61. The summed E-state index contributed by atoms with van der Waals surface area (Å²) in [5, 5.41) is 1.31. The molecule has 3 rings (SSSR count). The van der Waals surface area contributed by atoms with Gasteiger partial charge in [-0.2, -0.15) is 0 Å². The van der Waals surface area contributed by atoms with Crippen LogP contribution in [0.4, 0.5) is 4.39 Å². The number of halogens is 2. The zero-order chi connectivity index (χ0) is 14.3. The van der Waals surface area contributed by atoms with Crippen molar-refractivity contribution in [3.8, 4) is 17.0 Å². The third-order valence-corrected chi connectivity index (χ3v) is 3.56. The zero-order valence-corrected chi connectivity index (χ0v) is 11.8. The molecular formula is C15H12ClFN2O. The standard InChI is InChI=1S/C15H12ClFN2O/c1-8-9-7-18-13(16)6-11(9)19-15(8)14-10(17)4-3-5-12(14)20-2/h3-7,19H,1-2H3. The van der Waals surface area contributed by atoms with E-state index in [1.54, 1.807) is 24.4 Å². The minimum atomic E-state index is -0.335. The van der Waals surface area contributed by atoms with E-state index >= 15 is 0 Å². The molecule has 0 spiro atoms. The Hall–Kier alpha value is -2.07. The molecule has 2 heterocycles. The Labute approximate surface area is 120 Å². The molecule has 0 amide bonds. The molecule has 20 heavy (non-hydrogen) atoms. The molecular weight excluding hydrogens is 279 g/mol. The first-order valence-corrected chi connectivity index (χ1v) is 6.46. The van der Waals surface area contributed by atoms with Crippen molar-refractivity contribution >= 4 is 22.5 Å². The van der Waals surface area contributed by atoms with Gasteiger partial charge in [0.2, 0.25) is 0 Å². The van der Waals surface area contributed by atoms with Gasteiger partial charge in [-0.25, -0.2) is 9.37 Å². The van der Waals surface area contributed by atoms with E-state index in [-0.39, 0.29) is 5.82 Å². The largest absolute Gasteiger partial charge is 0.496 e. The Morgan fingerprint density at radius 2 is 2.15 bits per heavy atom. The minimum absolute atomic E-state index is 0.335. The monoisotopic (exact) mass is 290 g/mol. The average Bonchev–Trinajstić information content (AvgIpc) is 2.74. The molecule has 0 aliphatic rings. The van der Waals surface area contributed by atoms with Gasteiger partial charge in [0, 0.05) is 11.6 Å². The van der Waals surface area contributed by atoms with Gasteiger partial charge in [-0.05, 0) is 30.7 Å². The van der Waals surface area contributed by atoms with E-state index in [0.717, 1.165) is 16.5 Å². The summed E-state index contributed by atoms with van der Waals surface area (Å²) in [4.78, 5) is 7.25. The first-order valence-electron chi connectivity index (χ1n) is 6.08. The number of fused-ring (bicyclic) bond motifs is 1. The predicted molar refractivity (Wildman–Crippen MR) is 77.8 cm³/mol. The highest BCUT2D eigenvalue weighted by Crippen LogP contribution is 2.37. The SMILES string of the molecule is COc1cccc(F)c1-c1[nH]c2cc(Cl)ncc2c1C. The van der Waals surface area contributed by atoms with Gasteiger partial charge >= 0.3 is 0 Å². The quantitative estimate of drug-likeness (QED) is 0.713. The van der Waals surface area contributed by atoms with Gasteiger partial charge in [0.1, 0.15) is 16.7 Å². The number of hydrogen-bond donors (Lipinski definition) is 1. The first kappa shape index (κ1) is 12.9. The van der Waals surface area contributed by atoms with Crippen molar-refractivity contribution in [2.24, 2.45) is 0 Å². The highest BCUT2D eigenvalue weighted by Gasteiger charge is 2.17. The molecule has 1 aromatic carbocycles. The maximum Gasteiger partial charge on any atom is 0.136 e. The van der Waals surface area contributed by atoms with Gasteiger partial charge in [0.25, 0.3) is 0 Å². The van der Waals surface area contributed by atoms with Crippen molar-refractivity contribution in [2.45, 2.75) is 6.92 Å². The van der Waals surface area contributed by atoms with Gasteiger partial charge in [0.05, 0.1) is 23.9 Å². The van der Waals surface area contributed by atoms with E-state index in [1.165, 1.54) is 13.2 Å². The second-order valence-electron chi connectivity index (χ2n) is 4.49. The molecule has 0 saturated carbocycles. The van der Waals surface area contributed by atoms with E-state index < -0.39 is 0 Å². The second kappa shape index (κ2) is 4.80. The summed E-state index contributed by atoms with van der Waals surface area (Å²) in [6, 6.07) is 6.48. The van der Waals surface area contributed by atoms with Crippen LogP contribution in [0, 0.1) is 12.7 Å². The molecule has 0 unspecified atom stereocenters. The van der Waals surface area contributed by atoms with Crippen molar-refractivity contribution in [1.82, 2.24) is 9.97 Å². The Balaban J connectivity index is 2.33. The van der Waals surface area contributed by atoms with Crippen molar-refractivity contribution in [3.63, 3.8) is 0 Å².